The van der Waals surface area contributed by atoms with Crippen molar-refractivity contribution in [1.29, 1.82) is 0 Å². The van der Waals surface area contributed by atoms with E-state index in [9.17, 15) is 4.79 Å². The highest BCUT2D eigenvalue weighted by atomic mass is 16.3. The molecule has 23 heavy (non-hydrogen) atoms. The topological polar surface area (TPSA) is 87.9 Å². The molecule has 1 aliphatic heterocycles. The van der Waals surface area contributed by atoms with Gasteiger partial charge in [-0.1, -0.05) is 0 Å². The van der Waals surface area contributed by atoms with Crippen LogP contribution in [0.25, 0.3) is 11.0 Å². The van der Waals surface area contributed by atoms with Crippen molar-refractivity contribution in [3.05, 3.63) is 41.9 Å². The Morgan fingerprint density at radius 1 is 1.43 bits per heavy atom. The average Bonchev–Trinajstić information content (AvgIpc) is 3.22. The number of likely N-dealkylation sites (tertiary alicyclic amines) is 1. The fraction of sp³-hybridized carbons (Fsp3) is 0.375. The molecule has 1 atom stereocenters. The molecule has 1 fully saturated rings. The summed E-state index contributed by atoms with van der Waals surface area (Å²) in [5.41, 5.74) is 2.42. The molecule has 1 saturated heterocycles. The summed E-state index contributed by atoms with van der Waals surface area (Å²) < 4.78 is 5.24. The number of nitrogens with zero attached hydrogens (tertiary/aromatic N) is 4. The molecule has 4 rings (SSSR count). The zero-order chi connectivity index (χ0) is 15.8. The van der Waals surface area contributed by atoms with Gasteiger partial charge in [-0.2, -0.15) is 5.10 Å². The number of H-pyrrole nitrogens is 1. The maximum absolute atomic E-state index is 12.6. The van der Waals surface area contributed by atoms with Crippen LogP contribution >= 0.6 is 0 Å². The highest BCUT2D eigenvalue weighted by Gasteiger charge is 2.28. The molecule has 7 heteroatoms. The van der Waals surface area contributed by atoms with E-state index in [4.69, 9.17) is 4.42 Å². The number of nitrogens with one attached hydrogen (secondary N) is 1. The minimum Gasteiger partial charge on any atom is -0.438 e. The number of aromatic nitrogens is 4. The summed E-state index contributed by atoms with van der Waals surface area (Å²) in [5, 5.41) is 7.90. The van der Waals surface area contributed by atoms with E-state index in [1.165, 1.54) is 6.39 Å². The second kappa shape index (κ2) is 5.49. The van der Waals surface area contributed by atoms with Crippen molar-refractivity contribution in [3.8, 4) is 0 Å². The van der Waals surface area contributed by atoms with Crippen LogP contribution in [0.2, 0.25) is 0 Å². The molecule has 118 valence electrons. The van der Waals surface area contributed by atoms with Crippen molar-refractivity contribution in [1.82, 2.24) is 25.1 Å². The standard InChI is InChI=1S/C16H17N5O2/c1-10-14(23-9-17-10)16(22)21-6-2-3-12(8-21)13-5-4-11-7-18-20-15(11)19-13/h4-5,7,9,12H,2-3,6,8H2,1H3,(H,18,19,20). The number of carbonyl (C=O) groups excluding carboxylic acids is 1. The number of aromatic amines is 1. The Kier molecular flexibility index (Phi) is 3.33. The quantitative estimate of drug-likeness (QED) is 0.784. The Balaban J connectivity index is 1.56. The molecule has 1 unspecified atom stereocenters. The summed E-state index contributed by atoms with van der Waals surface area (Å²) in [6, 6.07) is 4.04. The number of rotatable bonds is 2. The molecular formula is C16H17N5O2. The number of pyridine rings is 1. The van der Waals surface area contributed by atoms with Crippen molar-refractivity contribution in [2.75, 3.05) is 13.1 Å². The van der Waals surface area contributed by atoms with Crippen LogP contribution in [0.4, 0.5) is 0 Å². The highest BCUT2D eigenvalue weighted by Crippen LogP contribution is 2.27. The van der Waals surface area contributed by atoms with Gasteiger partial charge >= 0.3 is 0 Å². The van der Waals surface area contributed by atoms with Crippen LogP contribution in [0.5, 0.6) is 0 Å². The number of fused-ring (bicyclic) bond motifs is 1. The first-order valence-electron chi connectivity index (χ1n) is 7.72. The van der Waals surface area contributed by atoms with Crippen LogP contribution in [0.1, 0.15) is 40.7 Å². The van der Waals surface area contributed by atoms with Crippen molar-refractivity contribution >= 4 is 16.9 Å². The van der Waals surface area contributed by atoms with E-state index in [2.05, 4.69) is 20.2 Å². The van der Waals surface area contributed by atoms with Crippen LogP contribution in [0.3, 0.4) is 0 Å². The van der Waals surface area contributed by atoms with Crippen molar-refractivity contribution < 1.29 is 9.21 Å². The van der Waals surface area contributed by atoms with E-state index in [-0.39, 0.29) is 11.8 Å². The number of hydrogen-bond acceptors (Lipinski definition) is 5. The van der Waals surface area contributed by atoms with E-state index < -0.39 is 0 Å². The van der Waals surface area contributed by atoms with E-state index in [1.54, 1.807) is 13.1 Å². The third kappa shape index (κ3) is 2.48. The number of carbonyl (C=O) groups is 1. The van der Waals surface area contributed by atoms with Crippen molar-refractivity contribution in [2.45, 2.75) is 25.7 Å². The Bertz CT molecular complexity index is 853. The van der Waals surface area contributed by atoms with Gasteiger partial charge in [-0.25, -0.2) is 9.97 Å². The van der Waals surface area contributed by atoms with Crippen LogP contribution < -0.4 is 0 Å². The fourth-order valence-electron chi connectivity index (χ4n) is 3.12. The summed E-state index contributed by atoms with van der Waals surface area (Å²) in [7, 11) is 0. The van der Waals surface area contributed by atoms with Crippen LogP contribution in [-0.2, 0) is 0 Å². The Morgan fingerprint density at radius 3 is 3.17 bits per heavy atom. The van der Waals surface area contributed by atoms with E-state index in [1.807, 2.05) is 17.0 Å². The maximum Gasteiger partial charge on any atom is 0.291 e. The number of hydrogen-bond donors (Lipinski definition) is 1. The Labute approximate surface area is 132 Å². The molecule has 0 saturated carbocycles. The molecule has 1 aliphatic rings. The van der Waals surface area contributed by atoms with Gasteiger partial charge in [-0.15, -0.1) is 0 Å². The molecule has 0 aliphatic carbocycles. The predicted molar refractivity (Wildman–Crippen MR) is 83.0 cm³/mol. The van der Waals surface area contributed by atoms with Gasteiger partial charge in [0.2, 0.25) is 5.76 Å². The second-order valence-electron chi connectivity index (χ2n) is 5.90. The molecule has 3 aromatic rings. The zero-order valence-corrected chi connectivity index (χ0v) is 12.8. The lowest BCUT2D eigenvalue weighted by molar-refractivity contribution is 0.0672. The van der Waals surface area contributed by atoms with E-state index in [0.717, 1.165) is 36.1 Å². The van der Waals surface area contributed by atoms with Gasteiger partial charge in [0.25, 0.3) is 5.91 Å². The van der Waals surface area contributed by atoms with Gasteiger partial charge < -0.3 is 9.32 Å². The first-order valence-corrected chi connectivity index (χ1v) is 7.72. The summed E-state index contributed by atoms with van der Waals surface area (Å²) in [5.74, 6) is 0.471. The van der Waals surface area contributed by atoms with Gasteiger partial charge in [0, 0.05) is 30.1 Å². The molecule has 4 heterocycles. The summed E-state index contributed by atoms with van der Waals surface area (Å²) >= 11 is 0. The predicted octanol–water partition coefficient (Wildman–Crippen LogP) is 2.27. The third-order valence-electron chi connectivity index (χ3n) is 4.39. The Hall–Kier alpha value is -2.70. The molecular weight excluding hydrogens is 294 g/mol. The lowest BCUT2D eigenvalue weighted by Crippen LogP contribution is -2.39. The van der Waals surface area contributed by atoms with Crippen molar-refractivity contribution in [2.24, 2.45) is 0 Å². The molecule has 0 aromatic carbocycles. The minimum atomic E-state index is -0.0904. The number of amides is 1. The van der Waals surface area contributed by atoms with Crippen molar-refractivity contribution in [3.63, 3.8) is 0 Å². The zero-order valence-electron chi connectivity index (χ0n) is 12.8. The molecule has 1 N–H and O–H groups in total. The fourth-order valence-corrected chi connectivity index (χ4v) is 3.12. The molecule has 3 aromatic heterocycles. The van der Waals surface area contributed by atoms with Gasteiger partial charge in [-0.3, -0.25) is 9.89 Å². The molecule has 1 amide bonds. The number of aryl methyl sites for hydroxylation is 1. The first kappa shape index (κ1) is 13.9. The summed E-state index contributed by atoms with van der Waals surface area (Å²) in [6.07, 6.45) is 5.05. The van der Waals surface area contributed by atoms with E-state index >= 15 is 0 Å². The largest absolute Gasteiger partial charge is 0.438 e. The number of oxazole rings is 1. The number of piperidine rings is 1. The average molecular weight is 311 g/mol. The second-order valence-corrected chi connectivity index (χ2v) is 5.90. The van der Waals surface area contributed by atoms with Gasteiger partial charge in [0.15, 0.2) is 12.0 Å². The molecule has 0 radical (unpaired) electrons. The van der Waals surface area contributed by atoms with Crippen LogP contribution in [0.15, 0.2) is 29.1 Å². The van der Waals surface area contributed by atoms with Gasteiger partial charge in [0.05, 0.1) is 11.9 Å². The maximum atomic E-state index is 12.6. The summed E-state index contributed by atoms with van der Waals surface area (Å²) in [6.45, 7) is 3.17. The van der Waals surface area contributed by atoms with Gasteiger partial charge in [0.1, 0.15) is 0 Å². The highest BCUT2D eigenvalue weighted by molar-refractivity contribution is 5.92. The van der Waals surface area contributed by atoms with E-state index in [0.29, 0.717) is 18.0 Å². The monoisotopic (exact) mass is 311 g/mol. The molecule has 0 spiro atoms. The Morgan fingerprint density at radius 2 is 2.35 bits per heavy atom. The smallest absolute Gasteiger partial charge is 0.291 e. The lowest BCUT2D eigenvalue weighted by Gasteiger charge is -2.32. The summed E-state index contributed by atoms with van der Waals surface area (Å²) in [4.78, 5) is 23.1. The molecule has 0 bridgehead atoms. The third-order valence-corrected chi connectivity index (χ3v) is 4.39. The SMILES string of the molecule is Cc1ncoc1C(=O)N1CCCC(c2ccc3cn[nH]c3n2)C1. The lowest BCUT2D eigenvalue weighted by atomic mass is 9.94. The van der Waals surface area contributed by atoms with Gasteiger partial charge in [-0.05, 0) is 31.9 Å². The molecule has 7 nitrogen and oxygen atoms in total. The van der Waals surface area contributed by atoms with Crippen LogP contribution in [0, 0.1) is 6.92 Å². The minimum absolute atomic E-state index is 0.0904. The first-order chi connectivity index (χ1) is 11.2. The van der Waals surface area contributed by atoms with Crippen LogP contribution in [-0.4, -0.2) is 44.1 Å². The normalized spacial score (nSPS) is 18.5.